The van der Waals surface area contributed by atoms with Gasteiger partial charge in [0.05, 0.1) is 18.7 Å². The van der Waals surface area contributed by atoms with Crippen molar-refractivity contribution in [1.82, 2.24) is 0 Å². The summed E-state index contributed by atoms with van der Waals surface area (Å²) in [5, 5.41) is -0.318. The lowest BCUT2D eigenvalue weighted by atomic mass is 9.67. The maximum atomic E-state index is 13.2. The number of benzene rings is 1. The summed E-state index contributed by atoms with van der Waals surface area (Å²) in [5.41, 5.74) is -1.82. The van der Waals surface area contributed by atoms with Gasteiger partial charge in [0, 0.05) is 17.7 Å². The van der Waals surface area contributed by atoms with Crippen molar-refractivity contribution in [2.45, 2.75) is 25.2 Å². The number of sulfone groups is 1. The van der Waals surface area contributed by atoms with Crippen LogP contribution in [0.4, 0.5) is 0 Å². The van der Waals surface area contributed by atoms with Gasteiger partial charge in [-0.15, -0.1) is 0 Å². The topological polar surface area (TPSA) is 121 Å². The predicted molar refractivity (Wildman–Crippen MR) is 105 cm³/mol. The highest BCUT2D eigenvalue weighted by Crippen LogP contribution is 2.58. The highest BCUT2D eigenvalue weighted by atomic mass is 35.5. The van der Waals surface area contributed by atoms with Crippen LogP contribution in [0.3, 0.4) is 0 Å². The number of hydrogen-bond donors (Lipinski definition) is 0. The molecule has 0 aliphatic heterocycles. The lowest BCUT2D eigenvalue weighted by Crippen LogP contribution is -2.52. The SMILES string of the molecule is CCOC(=O)[C@@]1(C)C(=O)[C@@H](C(=O)c2ccc(S(C)(=O)=O)c(OC)c2Cl)C(=O)[C@@H]2C[C@H]21. The Kier molecular flexibility index (Phi) is 5.57. The molecule has 2 saturated carbocycles. The standard InChI is InChI=1S/C20H21ClO8S/c1-5-29-19(25)20(2)11-8-10(11)16(23)13(18(20)24)15(22)9-6-7-12(30(4,26)27)17(28-3)14(9)21/h6-7,10-11,13H,5,8H2,1-4H3/t10-,11-,13+,20-/m1/s1. The lowest BCUT2D eigenvalue weighted by Gasteiger charge is -2.33. The van der Waals surface area contributed by atoms with Gasteiger partial charge in [-0.05, 0) is 38.3 Å². The second kappa shape index (κ2) is 7.46. The zero-order valence-corrected chi connectivity index (χ0v) is 18.4. The Bertz CT molecular complexity index is 1080. The van der Waals surface area contributed by atoms with E-state index in [4.69, 9.17) is 21.1 Å². The second-order valence-electron chi connectivity index (χ2n) is 7.67. The van der Waals surface area contributed by atoms with E-state index in [0.29, 0.717) is 6.42 Å². The van der Waals surface area contributed by atoms with E-state index in [1.807, 2.05) is 0 Å². The van der Waals surface area contributed by atoms with E-state index in [1.165, 1.54) is 14.0 Å². The number of rotatable bonds is 6. The number of ketones is 3. The van der Waals surface area contributed by atoms with Crippen LogP contribution in [-0.4, -0.2) is 51.7 Å². The number of carbonyl (C=O) groups is 4. The molecule has 1 aromatic carbocycles. The Balaban J connectivity index is 2.07. The van der Waals surface area contributed by atoms with Crippen molar-refractivity contribution in [2.75, 3.05) is 20.0 Å². The molecule has 0 heterocycles. The molecule has 0 amide bonds. The molecule has 2 aliphatic rings. The molecule has 2 fully saturated rings. The van der Waals surface area contributed by atoms with Gasteiger partial charge >= 0.3 is 5.97 Å². The van der Waals surface area contributed by atoms with Gasteiger partial charge < -0.3 is 9.47 Å². The number of carbonyl (C=O) groups excluding carboxylic acids is 4. The molecule has 0 saturated heterocycles. The number of halogens is 1. The molecule has 0 unspecified atom stereocenters. The molecular formula is C20H21ClO8S. The van der Waals surface area contributed by atoms with Gasteiger partial charge in [0.15, 0.2) is 32.9 Å². The van der Waals surface area contributed by atoms with E-state index < -0.39 is 56.3 Å². The highest BCUT2D eigenvalue weighted by Gasteiger charge is 2.69. The number of fused-ring (bicyclic) bond motifs is 1. The summed E-state index contributed by atoms with van der Waals surface area (Å²) in [4.78, 5) is 51.5. The summed E-state index contributed by atoms with van der Waals surface area (Å²) in [5.74, 6) is -6.07. The van der Waals surface area contributed by atoms with Crippen LogP contribution in [0.15, 0.2) is 17.0 Å². The zero-order chi connectivity index (χ0) is 22.6. The Labute approximate surface area is 178 Å². The van der Waals surface area contributed by atoms with Gasteiger partial charge in [-0.2, -0.15) is 0 Å². The third-order valence-electron chi connectivity index (χ3n) is 5.85. The van der Waals surface area contributed by atoms with Crippen LogP contribution in [0, 0.1) is 23.2 Å². The first-order chi connectivity index (χ1) is 13.9. The van der Waals surface area contributed by atoms with E-state index in [-0.39, 0.29) is 27.8 Å². The Morgan fingerprint density at radius 1 is 1.27 bits per heavy atom. The van der Waals surface area contributed by atoms with E-state index >= 15 is 0 Å². The monoisotopic (exact) mass is 456 g/mol. The van der Waals surface area contributed by atoms with Crippen molar-refractivity contribution in [3.63, 3.8) is 0 Å². The van der Waals surface area contributed by atoms with Crippen molar-refractivity contribution in [3.8, 4) is 5.75 Å². The van der Waals surface area contributed by atoms with Crippen LogP contribution in [0.25, 0.3) is 0 Å². The van der Waals surface area contributed by atoms with Crippen LogP contribution in [-0.2, 0) is 29.0 Å². The fraction of sp³-hybridized carbons (Fsp3) is 0.500. The van der Waals surface area contributed by atoms with Gasteiger partial charge in [0.25, 0.3) is 0 Å². The maximum Gasteiger partial charge on any atom is 0.319 e. The van der Waals surface area contributed by atoms with Crippen molar-refractivity contribution < 1.29 is 37.1 Å². The smallest absolute Gasteiger partial charge is 0.319 e. The van der Waals surface area contributed by atoms with Gasteiger partial charge in [-0.25, -0.2) is 8.42 Å². The molecule has 4 atom stereocenters. The number of ether oxygens (including phenoxy) is 2. The summed E-state index contributed by atoms with van der Waals surface area (Å²) in [6.07, 6.45) is 1.28. The highest BCUT2D eigenvalue weighted by molar-refractivity contribution is 7.90. The van der Waals surface area contributed by atoms with Crippen LogP contribution in [0.5, 0.6) is 5.75 Å². The predicted octanol–water partition coefficient (Wildman–Crippen LogP) is 1.91. The molecule has 30 heavy (non-hydrogen) atoms. The van der Waals surface area contributed by atoms with Gasteiger partial charge in [-0.1, -0.05) is 11.6 Å². The minimum absolute atomic E-state index is 0.0572. The molecule has 8 nitrogen and oxygen atoms in total. The van der Waals surface area contributed by atoms with E-state index in [0.717, 1.165) is 18.4 Å². The van der Waals surface area contributed by atoms with Crippen LogP contribution >= 0.6 is 11.6 Å². The number of Topliss-reactive ketones (excluding diaryl/α,β-unsaturated/α-hetero) is 3. The second-order valence-corrected chi connectivity index (χ2v) is 10.0. The average Bonchev–Trinajstić information content (AvgIpc) is 3.47. The molecule has 10 heteroatoms. The first-order valence-electron chi connectivity index (χ1n) is 9.27. The zero-order valence-electron chi connectivity index (χ0n) is 16.9. The summed E-state index contributed by atoms with van der Waals surface area (Å²) in [7, 11) is -2.52. The summed E-state index contributed by atoms with van der Waals surface area (Å²) >= 11 is 6.24. The minimum Gasteiger partial charge on any atom is -0.494 e. The number of hydrogen-bond acceptors (Lipinski definition) is 8. The molecule has 2 aliphatic carbocycles. The fourth-order valence-corrected chi connectivity index (χ4v) is 5.35. The lowest BCUT2D eigenvalue weighted by molar-refractivity contribution is -0.164. The summed E-state index contributed by atoms with van der Waals surface area (Å²) < 4.78 is 34.0. The Morgan fingerprint density at radius 2 is 1.90 bits per heavy atom. The third kappa shape index (κ3) is 3.24. The quantitative estimate of drug-likeness (QED) is 0.361. The molecule has 0 radical (unpaired) electrons. The largest absolute Gasteiger partial charge is 0.494 e. The maximum absolute atomic E-state index is 13.2. The van der Waals surface area contributed by atoms with E-state index in [9.17, 15) is 27.6 Å². The normalized spacial score (nSPS) is 28.0. The molecule has 0 spiro atoms. The van der Waals surface area contributed by atoms with Crippen molar-refractivity contribution in [1.29, 1.82) is 0 Å². The van der Waals surface area contributed by atoms with Gasteiger partial charge in [0.2, 0.25) is 0 Å². The molecule has 3 rings (SSSR count). The van der Waals surface area contributed by atoms with Gasteiger partial charge in [0.1, 0.15) is 16.2 Å². The first-order valence-corrected chi connectivity index (χ1v) is 11.5. The van der Waals surface area contributed by atoms with Crippen LogP contribution < -0.4 is 4.74 Å². The number of esters is 1. The van der Waals surface area contributed by atoms with Crippen molar-refractivity contribution >= 4 is 44.8 Å². The third-order valence-corrected chi connectivity index (χ3v) is 7.34. The number of methoxy groups -OCH3 is 1. The molecule has 162 valence electrons. The molecule has 0 bridgehead atoms. The minimum atomic E-state index is -3.71. The van der Waals surface area contributed by atoms with E-state index in [1.54, 1.807) is 6.92 Å². The van der Waals surface area contributed by atoms with Crippen LogP contribution in [0.2, 0.25) is 5.02 Å². The first kappa shape index (κ1) is 22.4. The Morgan fingerprint density at radius 3 is 2.43 bits per heavy atom. The van der Waals surface area contributed by atoms with Crippen molar-refractivity contribution in [3.05, 3.63) is 22.7 Å². The Hall–Kier alpha value is -2.26. The molecule has 1 aromatic rings. The van der Waals surface area contributed by atoms with E-state index in [2.05, 4.69) is 0 Å². The molecule has 0 N–H and O–H groups in total. The summed E-state index contributed by atoms with van der Waals surface area (Å²) in [6.45, 7) is 3.06. The van der Waals surface area contributed by atoms with Crippen LogP contribution in [0.1, 0.15) is 30.6 Å². The summed E-state index contributed by atoms with van der Waals surface area (Å²) in [6, 6.07) is 2.28. The average molecular weight is 457 g/mol. The fourth-order valence-electron chi connectivity index (χ4n) is 4.12. The van der Waals surface area contributed by atoms with Crippen molar-refractivity contribution in [2.24, 2.45) is 23.2 Å². The van der Waals surface area contributed by atoms with Gasteiger partial charge in [-0.3, -0.25) is 19.2 Å². The molecule has 0 aromatic heterocycles. The molecular weight excluding hydrogens is 436 g/mol.